The van der Waals surface area contributed by atoms with Gasteiger partial charge in [-0.25, -0.2) is 8.78 Å². The number of nitrogens with zero attached hydrogens (tertiary/aromatic N) is 3. The third-order valence-corrected chi connectivity index (χ3v) is 6.21. The highest BCUT2D eigenvalue weighted by atomic mass is 19.1. The van der Waals surface area contributed by atoms with E-state index in [2.05, 4.69) is 10.1 Å². The van der Waals surface area contributed by atoms with E-state index in [-0.39, 0.29) is 11.5 Å². The maximum Gasteiger partial charge on any atom is 0.257 e. The molecule has 1 aliphatic heterocycles. The van der Waals surface area contributed by atoms with E-state index in [9.17, 15) is 13.6 Å². The van der Waals surface area contributed by atoms with Crippen LogP contribution in [0.2, 0.25) is 0 Å². The minimum atomic E-state index is -0.714. The predicted octanol–water partition coefficient (Wildman–Crippen LogP) is 4.21. The summed E-state index contributed by atoms with van der Waals surface area (Å²) in [4.78, 5) is 19.1. The molecule has 2 fully saturated rings. The molecule has 1 amide bonds. The molecule has 29 heavy (non-hydrogen) atoms. The largest absolute Gasteiger partial charge is 0.337 e. The summed E-state index contributed by atoms with van der Waals surface area (Å²) in [5.74, 6) is -0.634. The van der Waals surface area contributed by atoms with Gasteiger partial charge in [0.2, 0.25) is 0 Å². The standard InChI is InChI=1S/C22H19F2N3O2/c23-16-8-9-18(24)17(11-16)20(28)27-12-15-7-4-10-22(15,13-27)21-25-19(29-26-21)14-5-2-1-3-6-14/h1-3,5-6,8-9,11,15H,4,7,10,12-13H2/t15-,22-/m1/s1. The normalized spacial score (nSPS) is 23.4. The lowest BCUT2D eigenvalue weighted by atomic mass is 9.80. The molecule has 1 aromatic heterocycles. The lowest BCUT2D eigenvalue weighted by molar-refractivity contribution is 0.0771. The van der Waals surface area contributed by atoms with Gasteiger partial charge in [0.1, 0.15) is 11.6 Å². The van der Waals surface area contributed by atoms with Crippen molar-refractivity contribution in [1.29, 1.82) is 0 Å². The quantitative estimate of drug-likeness (QED) is 0.667. The zero-order valence-corrected chi connectivity index (χ0v) is 15.6. The van der Waals surface area contributed by atoms with Crippen molar-refractivity contribution in [2.24, 2.45) is 5.92 Å². The molecular formula is C22H19F2N3O2. The molecule has 5 rings (SSSR count). The number of hydrogen-bond donors (Lipinski definition) is 0. The summed E-state index contributed by atoms with van der Waals surface area (Å²) in [6.45, 7) is 0.851. The summed E-state index contributed by atoms with van der Waals surface area (Å²) in [5.41, 5.74) is 0.193. The van der Waals surface area contributed by atoms with E-state index in [1.165, 1.54) is 0 Å². The predicted molar refractivity (Wildman–Crippen MR) is 101 cm³/mol. The number of carbonyl (C=O) groups is 1. The molecule has 2 heterocycles. The fourth-order valence-corrected chi connectivity index (χ4v) is 4.76. The number of likely N-dealkylation sites (tertiary alicyclic amines) is 1. The van der Waals surface area contributed by atoms with E-state index in [1.54, 1.807) is 4.90 Å². The third-order valence-electron chi connectivity index (χ3n) is 6.21. The fraction of sp³-hybridized carbons (Fsp3) is 0.318. The van der Waals surface area contributed by atoms with E-state index < -0.39 is 23.0 Å². The molecule has 1 saturated carbocycles. The zero-order chi connectivity index (χ0) is 20.0. The first-order valence-corrected chi connectivity index (χ1v) is 9.71. The summed E-state index contributed by atoms with van der Waals surface area (Å²) >= 11 is 0. The Balaban J connectivity index is 1.45. The van der Waals surface area contributed by atoms with E-state index in [0.717, 1.165) is 43.0 Å². The molecule has 7 heteroatoms. The number of aromatic nitrogens is 2. The highest BCUT2D eigenvalue weighted by Gasteiger charge is 2.54. The highest BCUT2D eigenvalue weighted by Crippen LogP contribution is 2.50. The average Bonchev–Trinajstić information content (AvgIpc) is 3.44. The Hall–Kier alpha value is -3.09. The van der Waals surface area contributed by atoms with Crippen molar-refractivity contribution in [3.05, 3.63) is 71.6 Å². The zero-order valence-electron chi connectivity index (χ0n) is 15.6. The van der Waals surface area contributed by atoms with Gasteiger partial charge in [-0.2, -0.15) is 4.98 Å². The van der Waals surface area contributed by atoms with Crippen LogP contribution in [-0.4, -0.2) is 34.0 Å². The van der Waals surface area contributed by atoms with Gasteiger partial charge in [-0.05, 0) is 49.1 Å². The molecule has 0 radical (unpaired) electrons. The van der Waals surface area contributed by atoms with Crippen LogP contribution in [0.4, 0.5) is 8.78 Å². The van der Waals surface area contributed by atoms with Crippen LogP contribution in [0.15, 0.2) is 53.1 Å². The molecule has 0 bridgehead atoms. The van der Waals surface area contributed by atoms with Crippen LogP contribution < -0.4 is 0 Å². The lowest BCUT2D eigenvalue weighted by Gasteiger charge is -2.24. The minimum absolute atomic E-state index is 0.171. The van der Waals surface area contributed by atoms with Crippen LogP contribution in [0.5, 0.6) is 0 Å². The Labute approximate surface area is 166 Å². The summed E-state index contributed by atoms with van der Waals surface area (Å²) in [6.07, 6.45) is 2.78. The molecule has 2 aromatic carbocycles. The monoisotopic (exact) mass is 395 g/mol. The second-order valence-electron chi connectivity index (χ2n) is 7.84. The number of carbonyl (C=O) groups excluding carboxylic acids is 1. The number of amides is 1. The molecule has 3 aromatic rings. The summed E-state index contributed by atoms with van der Waals surface area (Å²) in [7, 11) is 0. The SMILES string of the molecule is O=C(c1cc(F)ccc1F)N1C[C@H]2CCC[C@@]2(c2noc(-c3ccccc3)n2)C1. The van der Waals surface area contributed by atoms with Crippen molar-refractivity contribution >= 4 is 5.91 Å². The van der Waals surface area contributed by atoms with Crippen LogP contribution >= 0.6 is 0 Å². The average molecular weight is 395 g/mol. The molecule has 0 spiro atoms. The Morgan fingerprint density at radius 1 is 1.17 bits per heavy atom. The van der Waals surface area contributed by atoms with E-state index in [1.807, 2.05) is 30.3 Å². The Kier molecular flexibility index (Phi) is 4.19. The number of rotatable bonds is 3. The van der Waals surface area contributed by atoms with Gasteiger partial charge in [0, 0.05) is 18.7 Å². The number of hydrogen-bond acceptors (Lipinski definition) is 4. The second kappa shape index (κ2) is 6.76. The van der Waals surface area contributed by atoms with Crippen LogP contribution in [-0.2, 0) is 5.41 Å². The van der Waals surface area contributed by atoms with E-state index >= 15 is 0 Å². The molecule has 0 N–H and O–H groups in total. The van der Waals surface area contributed by atoms with Gasteiger partial charge >= 0.3 is 0 Å². The van der Waals surface area contributed by atoms with Crippen molar-refractivity contribution in [1.82, 2.24) is 15.0 Å². The van der Waals surface area contributed by atoms with Gasteiger partial charge in [0.25, 0.3) is 11.8 Å². The Morgan fingerprint density at radius 2 is 2.00 bits per heavy atom. The number of halogens is 2. The van der Waals surface area contributed by atoms with Gasteiger partial charge in [0.05, 0.1) is 11.0 Å². The topological polar surface area (TPSA) is 59.2 Å². The summed E-state index contributed by atoms with van der Waals surface area (Å²) in [6, 6.07) is 12.5. The highest BCUT2D eigenvalue weighted by molar-refractivity contribution is 5.94. The van der Waals surface area contributed by atoms with Gasteiger partial charge < -0.3 is 9.42 Å². The van der Waals surface area contributed by atoms with Crippen molar-refractivity contribution in [2.45, 2.75) is 24.7 Å². The molecule has 5 nitrogen and oxygen atoms in total. The number of benzene rings is 2. The Morgan fingerprint density at radius 3 is 2.83 bits per heavy atom. The summed E-state index contributed by atoms with van der Waals surface area (Å²) < 4.78 is 33.2. The van der Waals surface area contributed by atoms with E-state index in [0.29, 0.717) is 24.8 Å². The smallest absolute Gasteiger partial charge is 0.257 e. The molecule has 2 atom stereocenters. The van der Waals surface area contributed by atoms with Crippen molar-refractivity contribution in [3.63, 3.8) is 0 Å². The molecule has 1 aliphatic carbocycles. The second-order valence-corrected chi connectivity index (χ2v) is 7.84. The first-order chi connectivity index (χ1) is 14.1. The maximum absolute atomic E-state index is 14.1. The van der Waals surface area contributed by atoms with Gasteiger partial charge in [-0.1, -0.05) is 29.8 Å². The van der Waals surface area contributed by atoms with E-state index in [4.69, 9.17) is 4.52 Å². The third kappa shape index (κ3) is 2.92. The minimum Gasteiger partial charge on any atom is -0.337 e. The molecule has 148 valence electrons. The van der Waals surface area contributed by atoms with Crippen LogP contribution in [0.1, 0.15) is 35.4 Å². The summed E-state index contributed by atoms with van der Waals surface area (Å²) in [5, 5.41) is 4.25. The van der Waals surface area contributed by atoms with Crippen molar-refractivity contribution < 1.29 is 18.1 Å². The van der Waals surface area contributed by atoms with Crippen LogP contribution in [0.25, 0.3) is 11.5 Å². The van der Waals surface area contributed by atoms with Crippen LogP contribution in [0, 0.1) is 17.6 Å². The first-order valence-electron chi connectivity index (χ1n) is 9.71. The lowest BCUT2D eigenvalue weighted by Crippen LogP contribution is -2.35. The van der Waals surface area contributed by atoms with Gasteiger partial charge in [-0.3, -0.25) is 4.79 Å². The molecule has 0 unspecified atom stereocenters. The first kappa shape index (κ1) is 18.0. The molecule has 2 aliphatic rings. The van der Waals surface area contributed by atoms with Gasteiger partial charge in [0.15, 0.2) is 5.82 Å². The van der Waals surface area contributed by atoms with Crippen LogP contribution in [0.3, 0.4) is 0 Å². The fourth-order valence-electron chi connectivity index (χ4n) is 4.76. The van der Waals surface area contributed by atoms with Gasteiger partial charge in [-0.15, -0.1) is 0 Å². The maximum atomic E-state index is 14.1. The molecular weight excluding hydrogens is 376 g/mol. The van der Waals surface area contributed by atoms with Crippen molar-refractivity contribution in [3.8, 4) is 11.5 Å². The number of fused-ring (bicyclic) bond motifs is 1. The Bertz CT molecular complexity index is 1070. The molecule has 1 saturated heterocycles. The van der Waals surface area contributed by atoms with Crippen molar-refractivity contribution in [2.75, 3.05) is 13.1 Å².